The first-order valence-electron chi connectivity index (χ1n) is 8.65. The highest BCUT2D eigenvalue weighted by atomic mass is 79.9. The maximum absolute atomic E-state index is 12.5. The molecule has 0 heterocycles. The smallest absolute Gasteiger partial charge is 0.266 e. The molecule has 0 saturated carbocycles. The monoisotopic (exact) mass is 428 g/mol. The molecule has 0 fully saturated rings. The molecule has 0 aliphatic rings. The van der Waals surface area contributed by atoms with Gasteiger partial charge in [0.2, 0.25) is 0 Å². The van der Waals surface area contributed by atoms with Crippen molar-refractivity contribution in [3.05, 3.63) is 58.1 Å². The number of nitrogens with one attached hydrogen (secondary N) is 1. The third-order valence-electron chi connectivity index (χ3n) is 3.52. The number of anilines is 1. The van der Waals surface area contributed by atoms with E-state index in [-0.39, 0.29) is 5.57 Å². The Bertz CT molecular complexity index is 855. The van der Waals surface area contributed by atoms with Gasteiger partial charge in [0, 0.05) is 15.7 Å². The topological polar surface area (TPSA) is 71.3 Å². The number of halogens is 1. The van der Waals surface area contributed by atoms with Crippen molar-refractivity contribution in [1.82, 2.24) is 0 Å². The van der Waals surface area contributed by atoms with Crippen molar-refractivity contribution >= 4 is 33.6 Å². The van der Waals surface area contributed by atoms with Crippen LogP contribution in [0.5, 0.6) is 11.5 Å². The summed E-state index contributed by atoms with van der Waals surface area (Å²) in [4.78, 5) is 12.5. The molecule has 5 nitrogen and oxygen atoms in total. The third-order valence-corrected chi connectivity index (χ3v) is 4.01. The van der Waals surface area contributed by atoms with Crippen LogP contribution in [0.4, 0.5) is 5.69 Å². The van der Waals surface area contributed by atoms with Crippen molar-refractivity contribution in [3.63, 3.8) is 0 Å². The first-order valence-corrected chi connectivity index (χ1v) is 9.45. The predicted octanol–water partition coefficient (Wildman–Crippen LogP) is 5.18. The molecule has 0 bridgehead atoms. The first-order chi connectivity index (χ1) is 13.1. The SMILES string of the molecule is CCCOc1ccc(Br)cc1/C=C(\C#N)C(=O)Nc1ccc(OCC)cc1. The number of hydrogen-bond donors (Lipinski definition) is 1. The van der Waals surface area contributed by atoms with Crippen LogP contribution in [0.15, 0.2) is 52.5 Å². The largest absolute Gasteiger partial charge is 0.494 e. The molecule has 0 saturated heterocycles. The van der Waals surface area contributed by atoms with Gasteiger partial charge in [0.25, 0.3) is 5.91 Å². The lowest BCUT2D eigenvalue weighted by atomic mass is 10.1. The van der Waals surface area contributed by atoms with Crippen LogP contribution in [0.3, 0.4) is 0 Å². The van der Waals surface area contributed by atoms with Gasteiger partial charge < -0.3 is 14.8 Å². The van der Waals surface area contributed by atoms with Gasteiger partial charge in [-0.05, 0) is 61.9 Å². The number of ether oxygens (including phenoxy) is 2. The molecule has 0 unspecified atom stereocenters. The molecule has 2 rings (SSSR count). The third kappa shape index (κ3) is 6.15. The van der Waals surface area contributed by atoms with Crippen LogP contribution in [-0.4, -0.2) is 19.1 Å². The molecule has 6 heteroatoms. The molecule has 1 N–H and O–H groups in total. The maximum Gasteiger partial charge on any atom is 0.266 e. The van der Waals surface area contributed by atoms with E-state index in [1.165, 1.54) is 6.08 Å². The van der Waals surface area contributed by atoms with Gasteiger partial charge in [0.05, 0.1) is 13.2 Å². The van der Waals surface area contributed by atoms with Crippen LogP contribution in [0.2, 0.25) is 0 Å². The summed E-state index contributed by atoms with van der Waals surface area (Å²) in [6.07, 6.45) is 2.39. The molecule has 0 aromatic heterocycles. The van der Waals surface area contributed by atoms with Gasteiger partial charge in [0.15, 0.2) is 0 Å². The van der Waals surface area contributed by atoms with Crippen molar-refractivity contribution in [2.45, 2.75) is 20.3 Å². The van der Waals surface area contributed by atoms with Gasteiger partial charge in [-0.15, -0.1) is 0 Å². The van der Waals surface area contributed by atoms with Gasteiger partial charge in [-0.1, -0.05) is 22.9 Å². The van der Waals surface area contributed by atoms with Crippen LogP contribution in [-0.2, 0) is 4.79 Å². The van der Waals surface area contributed by atoms with E-state index >= 15 is 0 Å². The summed E-state index contributed by atoms with van der Waals surface area (Å²) >= 11 is 3.41. The molecular weight excluding hydrogens is 408 g/mol. The molecule has 2 aromatic carbocycles. The van der Waals surface area contributed by atoms with E-state index in [1.54, 1.807) is 24.3 Å². The van der Waals surface area contributed by atoms with Gasteiger partial charge in [-0.25, -0.2) is 0 Å². The van der Waals surface area contributed by atoms with E-state index in [9.17, 15) is 10.1 Å². The highest BCUT2D eigenvalue weighted by Gasteiger charge is 2.12. The fourth-order valence-corrected chi connectivity index (χ4v) is 2.66. The van der Waals surface area contributed by atoms with Crippen LogP contribution >= 0.6 is 15.9 Å². The number of nitriles is 1. The summed E-state index contributed by atoms with van der Waals surface area (Å²) in [6, 6.07) is 14.4. The first kappa shape index (κ1) is 20.5. The van der Waals surface area contributed by atoms with Crippen molar-refractivity contribution in [1.29, 1.82) is 5.26 Å². The van der Waals surface area contributed by atoms with Gasteiger partial charge >= 0.3 is 0 Å². The van der Waals surface area contributed by atoms with E-state index in [4.69, 9.17) is 9.47 Å². The zero-order valence-electron chi connectivity index (χ0n) is 15.3. The van der Waals surface area contributed by atoms with Crippen molar-refractivity contribution in [2.24, 2.45) is 0 Å². The van der Waals surface area contributed by atoms with Crippen LogP contribution in [0.25, 0.3) is 6.08 Å². The standard InChI is InChI=1S/C21H21BrN2O3/c1-3-11-27-20-10-5-17(22)13-15(20)12-16(14-23)21(25)24-18-6-8-19(9-7-18)26-4-2/h5-10,12-13H,3-4,11H2,1-2H3,(H,24,25)/b16-12+. The Hall–Kier alpha value is -2.78. The highest BCUT2D eigenvalue weighted by molar-refractivity contribution is 9.10. The van der Waals surface area contributed by atoms with Crippen molar-refractivity contribution < 1.29 is 14.3 Å². The van der Waals surface area contributed by atoms with E-state index < -0.39 is 5.91 Å². The van der Waals surface area contributed by atoms with E-state index in [1.807, 2.05) is 38.1 Å². The quantitative estimate of drug-likeness (QED) is 0.464. The Morgan fingerprint density at radius 2 is 1.93 bits per heavy atom. The Balaban J connectivity index is 2.21. The molecular formula is C21H21BrN2O3. The minimum absolute atomic E-state index is 0.0108. The molecule has 27 heavy (non-hydrogen) atoms. The second-order valence-electron chi connectivity index (χ2n) is 5.61. The Morgan fingerprint density at radius 3 is 2.56 bits per heavy atom. The second-order valence-corrected chi connectivity index (χ2v) is 6.53. The average Bonchev–Trinajstić information content (AvgIpc) is 2.67. The summed E-state index contributed by atoms with van der Waals surface area (Å²) in [5.41, 5.74) is 1.24. The zero-order chi connectivity index (χ0) is 19.6. The van der Waals surface area contributed by atoms with E-state index in [2.05, 4.69) is 21.2 Å². The Labute approximate surface area is 167 Å². The Morgan fingerprint density at radius 1 is 1.19 bits per heavy atom. The van der Waals surface area contributed by atoms with E-state index in [0.29, 0.717) is 30.2 Å². The van der Waals surface area contributed by atoms with E-state index in [0.717, 1.165) is 16.6 Å². The van der Waals surface area contributed by atoms with Gasteiger partial charge in [-0.3, -0.25) is 4.79 Å². The minimum atomic E-state index is -0.483. The van der Waals surface area contributed by atoms with Crippen LogP contribution < -0.4 is 14.8 Å². The number of hydrogen-bond acceptors (Lipinski definition) is 4. The molecule has 140 valence electrons. The number of benzene rings is 2. The van der Waals surface area contributed by atoms with Gasteiger partial charge in [-0.2, -0.15) is 5.26 Å². The lowest BCUT2D eigenvalue weighted by Gasteiger charge is -2.10. The summed E-state index contributed by atoms with van der Waals surface area (Å²) in [5, 5.41) is 12.2. The summed E-state index contributed by atoms with van der Waals surface area (Å²) in [6.45, 7) is 5.05. The summed E-state index contributed by atoms with van der Waals surface area (Å²) in [5.74, 6) is 0.864. The number of rotatable bonds is 8. The fraction of sp³-hybridized carbons (Fsp3) is 0.238. The fourth-order valence-electron chi connectivity index (χ4n) is 2.28. The molecule has 1 amide bonds. The van der Waals surface area contributed by atoms with Crippen LogP contribution in [0.1, 0.15) is 25.8 Å². The number of amides is 1. The predicted molar refractivity (Wildman–Crippen MR) is 110 cm³/mol. The van der Waals surface area contributed by atoms with Crippen LogP contribution in [0, 0.1) is 11.3 Å². The number of nitrogens with zero attached hydrogens (tertiary/aromatic N) is 1. The number of carbonyl (C=O) groups excluding carboxylic acids is 1. The second kappa shape index (κ2) is 10.4. The minimum Gasteiger partial charge on any atom is -0.494 e. The lowest BCUT2D eigenvalue weighted by molar-refractivity contribution is -0.112. The maximum atomic E-state index is 12.5. The molecule has 0 radical (unpaired) electrons. The molecule has 0 atom stereocenters. The van der Waals surface area contributed by atoms with Crippen molar-refractivity contribution in [2.75, 3.05) is 18.5 Å². The highest BCUT2D eigenvalue weighted by Crippen LogP contribution is 2.26. The molecule has 0 aliphatic heterocycles. The average molecular weight is 429 g/mol. The van der Waals surface area contributed by atoms with Gasteiger partial charge in [0.1, 0.15) is 23.1 Å². The summed E-state index contributed by atoms with van der Waals surface area (Å²) in [7, 11) is 0. The van der Waals surface area contributed by atoms with Crippen molar-refractivity contribution in [3.8, 4) is 17.6 Å². The lowest BCUT2D eigenvalue weighted by Crippen LogP contribution is -2.13. The summed E-state index contributed by atoms with van der Waals surface area (Å²) < 4.78 is 11.9. The zero-order valence-corrected chi connectivity index (χ0v) is 16.9. The number of carbonyl (C=O) groups is 1. The Kier molecular flexibility index (Phi) is 7.90. The molecule has 2 aromatic rings. The normalized spacial score (nSPS) is 10.8. The molecule has 0 spiro atoms. The molecule has 0 aliphatic carbocycles.